The third-order valence-electron chi connectivity index (χ3n) is 5.00. The van der Waals surface area contributed by atoms with E-state index in [-0.39, 0.29) is 5.78 Å². The first-order valence-electron chi connectivity index (χ1n) is 9.51. The predicted molar refractivity (Wildman–Crippen MR) is 120 cm³/mol. The molecule has 152 valence electrons. The van der Waals surface area contributed by atoms with Gasteiger partial charge in [0.05, 0.1) is 25.3 Å². The minimum Gasteiger partial charge on any atom is -0.497 e. The molecule has 0 bridgehead atoms. The molecule has 30 heavy (non-hydrogen) atoms. The zero-order valence-electron chi connectivity index (χ0n) is 17.0. The fourth-order valence-corrected chi connectivity index (χ4v) is 4.45. The van der Waals surface area contributed by atoms with Gasteiger partial charge in [-0.3, -0.25) is 4.79 Å². The molecule has 0 saturated heterocycles. The van der Waals surface area contributed by atoms with E-state index in [0.717, 1.165) is 33.3 Å². The summed E-state index contributed by atoms with van der Waals surface area (Å²) >= 11 is 1.45. The lowest BCUT2D eigenvalue weighted by Gasteiger charge is -2.16. The number of imidazole rings is 1. The summed E-state index contributed by atoms with van der Waals surface area (Å²) in [4.78, 5) is 18.2. The largest absolute Gasteiger partial charge is 0.497 e. The highest BCUT2D eigenvalue weighted by Gasteiger charge is 2.26. The van der Waals surface area contributed by atoms with E-state index >= 15 is 0 Å². The number of carbonyl (C=O) groups excluding carboxylic acids is 1. The van der Waals surface area contributed by atoms with Crippen molar-refractivity contribution in [3.63, 3.8) is 0 Å². The van der Waals surface area contributed by atoms with Crippen molar-refractivity contribution < 1.29 is 14.3 Å². The normalized spacial score (nSPS) is 12.0. The Balaban J connectivity index is 1.73. The molecule has 1 heterocycles. The number of aryl methyl sites for hydroxylation is 1. The summed E-state index contributed by atoms with van der Waals surface area (Å²) in [7, 11) is 5.21. The number of carbonyl (C=O) groups is 1. The molecule has 6 heteroatoms. The van der Waals surface area contributed by atoms with Gasteiger partial charge in [0.15, 0.2) is 10.9 Å². The van der Waals surface area contributed by atoms with Crippen molar-refractivity contribution in [3.8, 4) is 11.5 Å². The minimum absolute atomic E-state index is 0.0138. The Labute approximate surface area is 179 Å². The number of rotatable bonds is 7. The number of ether oxygens (including phenoxy) is 2. The van der Waals surface area contributed by atoms with Crippen LogP contribution in [0.2, 0.25) is 0 Å². The second-order valence-corrected chi connectivity index (χ2v) is 7.88. The molecule has 0 N–H and O–H groups in total. The Bertz CT molecular complexity index is 1170. The molecule has 0 aliphatic rings. The van der Waals surface area contributed by atoms with Gasteiger partial charge in [0.2, 0.25) is 0 Å². The SMILES string of the molecule is COc1ccc(C(=O)[C@H](Sc2nc3ccccc3n2C)c2ccc(OC)cc2)cc1. The lowest BCUT2D eigenvalue weighted by Crippen LogP contribution is -2.11. The Kier molecular flexibility index (Phi) is 5.77. The van der Waals surface area contributed by atoms with E-state index in [1.807, 2.05) is 60.1 Å². The van der Waals surface area contributed by atoms with Crippen molar-refractivity contribution in [1.29, 1.82) is 0 Å². The predicted octanol–water partition coefficient (Wildman–Crippen LogP) is 5.31. The fourth-order valence-electron chi connectivity index (χ4n) is 3.29. The van der Waals surface area contributed by atoms with Crippen LogP contribution in [0.25, 0.3) is 11.0 Å². The molecule has 3 aromatic carbocycles. The Morgan fingerprint density at radius 3 is 2.10 bits per heavy atom. The van der Waals surface area contributed by atoms with E-state index in [1.165, 1.54) is 11.8 Å². The van der Waals surface area contributed by atoms with Crippen LogP contribution in [-0.2, 0) is 7.05 Å². The van der Waals surface area contributed by atoms with Crippen molar-refractivity contribution in [2.24, 2.45) is 7.05 Å². The summed E-state index contributed by atoms with van der Waals surface area (Å²) in [6.07, 6.45) is 0. The molecule has 0 aliphatic heterocycles. The van der Waals surface area contributed by atoms with Gasteiger partial charge in [-0.25, -0.2) is 4.98 Å². The van der Waals surface area contributed by atoms with E-state index in [2.05, 4.69) is 0 Å². The molecule has 0 amide bonds. The maximum Gasteiger partial charge on any atom is 0.180 e. The summed E-state index contributed by atoms with van der Waals surface area (Å²) in [6.45, 7) is 0. The number of hydrogen-bond acceptors (Lipinski definition) is 5. The maximum atomic E-state index is 13.5. The van der Waals surface area contributed by atoms with Crippen molar-refractivity contribution in [1.82, 2.24) is 9.55 Å². The molecule has 4 rings (SSSR count). The summed E-state index contributed by atoms with van der Waals surface area (Å²) in [5.74, 6) is 1.48. The maximum absolute atomic E-state index is 13.5. The number of thioether (sulfide) groups is 1. The summed E-state index contributed by atoms with van der Waals surface area (Å²) in [5, 5.41) is 0.346. The average molecular weight is 419 g/mol. The summed E-state index contributed by atoms with van der Waals surface area (Å²) in [5.41, 5.74) is 3.47. The third-order valence-corrected chi connectivity index (χ3v) is 6.30. The van der Waals surface area contributed by atoms with Crippen LogP contribution in [0, 0.1) is 0 Å². The average Bonchev–Trinajstić information content (AvgIpc) is 3.12. The monoisotopic (exact) mass is 418 g/mol. The van der Waals surface area contributed by atoms with Crippen molar-refractivity contribution in [2.75, 3.05) is 14.2 Å². The first-order chi connectivity index (χ1) is 14.6. The van der Waals surface area contributed by atoms with Crippen LogP contribution in [0.4, 0.5) is 0 Å². The molecule has 0 fully saturated rings. The summed E-state index contributed by atoms with van der Waals surface area (Å²) < 4.78 is 12.5. The van der Waals surface area contributed by atoms with Crippen LogP contribution < -0.4 is 9.47 Å². The number of para-hydroxylation sites is 2. The van der Waals surface area contributed by atoms with E-state index in [1.54, 1.807) is 38.5 Å². The van der Waals surface area contributed by atoms with Crippen molar-refractivity contribution in [2.45, 2.75) is 10.4 Å². The molecule has 4 aromatic rings. The number of benzene rings is 3. The molecule has 0 aliphatic carbocycles. The molecule has 0 spiro atoms. The zero-order valence-corrected chi connectivity index (χ0v) is 17.8. The number of Topliss-reactive ketones (excluding diaryl/α,β-unsaturated/α-hetero) is 1. The molecule has 1 atom stereocenters. The number of nitrogens with zero attached hydrogens (tertiary/aromatic N) is 2. The Hall–Kier alpha value is -3.25. The van der Waals surface area contributed by atoms with Crippen LogP contribution >= 0.6 is 11.8 Å². The van der Waals surface area contributed by atoms with Crippen molar-refractivity contribution >= 4 is 28.6 Å². The number of aromatic nitrogens is 2. The van der Waals surface area contributed by atoms with Gasteiger partial charge in [0.1, 0.15) is 16.7 Å². The highest BCUT2D eigenvalue weighted by atomic mass is 32.2. The van der Waals surface area contributed by atoms with Gasteiger partial charge in [0, 0.05) is 12.6 Å². The number of ketones is 1. The first kappa shape index (κ1) is 20.0. The molecule has 0 unspecified atom stereocenters. The fraction of sp³-hybridized carbons (Fsp3) is 0.167. The van der Waals surface area contributed by atoms with Crippen LogP contribution in [0.15, 0.2) is 78.0 Å². The topological polar surface area (TPSA) is 53.3 Å². The lowest BCUT2D eigenvalue weighted by atomic mass is 10.0. The van der Waals surface area contributed by atoms with E-state index < -0.39 is 5.25 Å². The molecular formula is C24H22N2O3S. The first-order valence-corrected chi connectivity index (χ1v) is 10.4. The lowest BCUT2D eigenvalue weighted by molar-refractivity contribution is 0.0989. The van der Waals surface area contributed by atoms with Gasteiger partial charge in [-0.05, 0) is 54.1 Å². The van der Waals surface area contributed by atoms with Gasteiger partial charge in [-0.15, -0.1) is 0 Å². The van der Waals surface area contributed by atoms with Gasteiger partial charge in [-0.1, -0.05) is 36.0 Å². The number of hydrogen-bond donors (Lipinski definition) is 0. The molecule has 0 saturated carbocycles. The molecular weight excluding hydrogens is 396 g/mol. The number of methoxy groups -OCH3 is 2. The second-order valence-electron chi connectivity index (χ2n) is 6.81. The van der Waals surface area contributed by atoms with Gasteiger partial charge in [-0.2, -0.15) is 0 Å². The van der Waals surface area contributed by atoms with E-state index in [4.69, 9.17) is 14.5 Å². The molecule has 1 aromatic heterocycles. The van der Waals surface area contributed by atoms with E-state index in [9.17, 15) is 4.79 Å². The highest BCUT2D eigenvalue weighted by molar-refractivity contribution is 8.00. The summed E-state index contributed by atoms with van der Waals surface area (Å²) in [6, 6.07) is 22.8. The smallest absolute Gasteiger partial charge is 0.180 e. The van der Waals surface area contributed by atoms with E-state index in [0.29, 0.717) is 5.56 Å². The quantitative estimate of drug-likeness (QED) is 0.301. The Morgan fingerprint density at radius 2 is 1.50 bits per heavy atom. The van der Waals surface area contributed by atoms with Crippen molar-refractivity contribution in [3.05, 3.63) is 83.9 Å². The zero-order chi connectivity index (χ0) is 21.1. The minimum atomic E-state index is -0.445. The van der Waals surface area contributed by atoms with Crippen LogP contribution in [0.3, 0.4) is 0 Å². The standard InChI is InChI=1S/C24H22N2O3S/c1-26-21-7-5-4-6-20(21)25-24(26)30-23(17-10-14-19(29-3)15-11-17)22(27)16-8-12-18(28-2)13-9-16/h4-15,23H,1-3H3/t23-/m1/s1. The highest BCUT2D eigenvalue weighted by Crippen LogP contribution is 2.39. The second kappa shape index (κ2) is 8.63. The molecule has 5 nitrogen and oxygen atoms in total. The van der Waals surface area contributed by atoms with Crippen LogP contribution in [0.1, 0.15) is 21.2 Å². The van der Waals surface area contributed by atoms with Gasteiger partial charge >= 0.3 is 0 Å². The molecule has 0 radical (unpaired) electrons. The van der Waals surface area contributed by atoms with Crippen LogP contribution in [0.5, 0.6) is 11.5 Å². The Morgan fingerprint density at radius 1 is 0.900 bits per heavy atom. The van der Waals surface area contributed by atoms with Gasteiger partial charge in [0.25, 0.3) is 0 Å². The third kappa shape index (κ3) is 3.91. The van der Waals surface area contributed by atoms with Crippen LogP contribution in [-0.4, -0.2) is 29.6 Å². The number of fused-ring (bicyclic) bond motifs is 1. The van der Waals surface area contributed by atoms with Gasteiger partial charge < -0.3 is 14.0 Å².